The molecule has 186 valence electrons. The van der Waals surface area contributed by atoms with E-state index >= 15 is 0 Å². The van der Waals surface area contributed by atoms with Crippen LogP contribution in [0.1, 0.15) is 22.8 Å². The van der Waals surface area contributed by atoms with E-state index in [0.717, 1.165) is 48.1 Å². The molecular weight excluding hydrogens is 504 g/mol. The van der Waals surface area contributed by atoms with Gasteiger partial charge in [-0.2, -0.15) is 0 Å². The standard InChI is InChI=1S/C29H24N2O4S2/c1-19-24(30-28(35-19)21-10-6-3-7-11-21)18-34-22-12-14-23(15-13-22)36-29-31-27(20-8-4-2-5-9-20)25(37-29)16-17-26(32)33/h2-15H,16-18H2,1H3,(H,32,33). The van der Waals surface area contributed by atoms with Crippen LogP contribution in [0.3, 0.4) is 0 Å². The zero-order valence-corrected chi connectivity index (χ0v) is 21.7. The van der Waals surface area contributed by atoms with Gasteiger partial charge in [0.2, 0.25) is 5.89 Å². The molecule has 0 atom stereocenters. The van der Waals surface area contributed by atoms with Crippen molar-refractivity contribution in [2.24, 2.45) is 0 Å². The number of ether oxygens (including phenoxy) is 1. The lowest BCUT2D eigenvalue weighted by molar-refractivity contribution is -0.136. The molecule has 0 spiro atoms. The van der Waals surface area contributed by atoms with Crippen LogP contribution in [0.5, 0.6) is 5.75 Å². The average Bonchev–Trinajstić information content (AvgIpc) is 3.51. The molecule has 0 radical (unpaired) electrons. The maximum atomic E-state index is 11.1. The van der Waals surface area contributed by atoms with Crippen LogP contribution in [0.2, 0.25) is 0 Å². The lowest BCUT2D eigenvalue weighted by Gasteiger charge is -2.05. The Bertz CT molecular complexity index is 1480. The predicted molar refractivity (Wildman–Crippen MR) is 145 cm³/mol. The summed E-state index contributed by atoms with van der Waals surface area (Å²) in [5.41, 5.74) is 3.55. The Balaban J connectivity index is 1.25. The number of aromatic nitrogens is 2. The molecular formula is C29H24N2O4S2. The highest BCUT2D eigenvalue weighted by Crippen LogP contribution is 2.38. The van der Waals surface area contributed by atoms with Gasteiger partial charge in [-0.15, -0.1) is 11.3 Å². The number of hydrogen-bond donors (Lipinski definition) is 1. The van der Waals surface area contributed by atoms with E-state index in [9.17, 15) is 4.79 Å². The van der Waals surface area contributed by atoms with Crippen LogP contribution < -0.4 is 4.74 Å². The average molecular weight is 529 g/mol. The summed E-state index contributed by atoms with van der Waals surface area (Å²) in [6, 6.07) is 27.5. The third-order valence-corrected chi connectivity index (χ3v) is 7.79. The van der Waals surface area contributed by atoms with Crippen molar-refractivity contribution in [3.63, 3.8) is 0 Å². The number of aryl methyl sites for hydroxylation is 2. The number of thiazole rings is 1. The largest absolute Gasteiger partial charge is 0.487 e. The van der Waals surface area contributed by atoms with Crippen molar-refractivity contribution in [3.8, 4) is 28.5 Å². The number of carboxylic acids is 1. The Hall–Kier alpha value is -3.88. The molecule has 0 aliphatic heterocycles. The molecule has 0 saturated carbocycles. The number of nitrogens with zero attached hydrogens (tertiary/aromatic N) is 2. The lowest BCUT2D eigenvalue weighted by Crippen LogP contribution is -1.97. The molecule has 0 unspecified atom stereocenters. The zero-order chi connectivity index (χ0) is 25.6. The number of oxazole rings is 1. The van der Waals surface area contributed by atoms with Crippen LogP contribution in [0.4, 0.5) is 0 Å². The van der Waals surface area contributed by atoms with Gasteiger partial charge < -0.3 is 14.3 Å². The Labute approximate surface area is 223 Å². The zero-order valence-electron chi connectivity index (χ0n) is 20.1. The smallest absolute Gasteiger partial charge is 0.303 e. The molecule has 8 heteroatoms. The van der Waals surface area contributed by atoms with Gasteiger partial charge in [0.1, 0.15) is 23.8 Å². The first-order valence-corrected chi connectivity index (χ1v) is 13.4. The first-order chi connectivity index (χ1) is 18.0. The summed E-state index contributed by atoms with van der Waals surface area (Å²) in [6.07, 6.45) is 0.536. The highest BCUT2D eigenvalue weighted by Gasteiger charge is 2.16. The normalized spacial score (nSPS) is 10.9. The molecule has 5 rings (SSSR count). The van der Waals surface area contributed by atoms with Crippen molar-refractivity contribution < 1.29 is 19.1 Å². The molecule has 0 saturated heterocycles. The van der Waals surface area contributed by atoms with Gasteiger partial charge in [-0.1, -0.05) is 60.3 Å². The topological polar surface area (TPSA) is 85.5 Å². The van der Waals surface area contributed by atoms with Gasteiger partial charge in [-0.3, -0.25) is 4.79 Å². The van der Waals surface area contributed by atoms with Crippen molar-refractivity contribution in [1.82, 2.24) is 9.97 Å². The number of rotatable bonds is 10. The fourth-order valence-corrected chi connectivity index (χ4v) is 5.89. The second kappa shape index (κ2) is 11.5. The first-order valence-electron chi connectivity index (χ1n) is 11.7. The van der Waals surface area contributed by atoms with E-state index in [2.05, 4.69) is 4.98 Å². The summed E-state index contributed by atoms with van der Waals surface area (Å²) in [5, 5.41) is 9.15. The van der Waals surface area contributed by atoms with Crippen molar-refractivity contribution in [3.05, 3.63) is 101 Å². The molecule has 0 fully saturated rings. The Morgan fingerprint density at radius 3 is 2.30 bits per heavy atom. The molecule has 6 nitrogen and oxygen atoms in total. The summed E-state index contributed by atoms with van der Waals surface area (Å²) in [4.78, 5) is 22.6. The van der Waals surface area contributed by atoms with Crippen LogP contribution in [0, 0.1) is 6.92 Å². The molecule has 3 aromatic carbocycles. The fraction of sp³-hybridized carbons (Fsp3) is 0.138. The molecule has 5 aromatic rings. The van der Waals surface area contributed by atoms with Gasteiger partial charge in [-0.25, -0.2) is 9.97 Å². The minimum Gasteiger partial charge on any atom is -0.487 e. The summed E-state index contributed by atoms with van der Waals surface area (Å²) < 4.78 is 12.7. The Morgan fingerprint density at radius 2 is 1.62 bits per heavy atom. The number of benzene rings is 3. The summed E-state index contributed by atoms with van der Waals surface area (Å²) >= 11 is 3.10. The minimum absolute atomic E-state index is 0.0794. The van der Waals surface area contributed by atoms with Gasteiger partial charge >= 0.3 is 5.97 Å². The summed E-state index contributed by atoms with van der Waals surface area (Å²) in [7, 11) is 0. The van der Waals surface area contributed by atoms with Gasteiger partial charge in [0.15, 0.2) is 4.34 Å². The van der Waals surface area contributed by atoms with Crippen molar-refractivity contribution in [2.45, 2.75) is 35.6 Å². The number of hydrogen-bond acceptors (Lipinski definition) is 7. The quantitative estimate of drug-likeness (QED) is 0.201. The summed E-state index contributed by atoms with van der Waals surface area (Å²) in [5.74, 6) is 1.25. The number of aliphatic carboxylic acids is 1. The third kappa shape index (κ3) is 6.28. The second-order valence-electron chi connectivity index (χ2n) is 8.26. The molecule has 0 bridgehead atoms. The summed E-state index contributed by atoms with van der Waals surface area (Å²) in [6.45, 7) is 2.20. The van der Waals surface area contributed by atoms with Crippen LogP contribution in [0.25, 0.3) is 22.7 Å². The molecule has 2 heterocycles. The molecule has 37 heavy (non-hydrogen) atoms. The molecule has 2 aromatic heterocycles. The molecule has 0 aliphatic rings. The Kier molecular flexibility index (Phi) is 7.67. The van der Waals surface area contributed by atoms with Gasteiger partial charge in [-0.05, 0) is 49.7 Å². The van der Waals surface area contributed by atoms with E-state index in [1.54, 1.807) is 23.1 Å². The lowest BCUT2D eigenvalue weighted by atomic mass is 10.1. The van der Waals surface area contributed by atoms with E-state index in [1.165, 1.54) is 0 Å². The maximum absolute atomic E-state index is 11.1. The van der Waals surface area contributed by atoms with Crippen LogP contribution >= 0.6 is 23.1 Å². The molecule has 0 amide bonds. The van der Waals surface area contributed by atoms with E-state index in [4.69, 9.17) is 19.2 Å². The minimum atomic E-state index is -0.811. The van der Waals surface area contributed by atoms with E-state index < -0.39 is 5.97 Å². The SMILES string of the molecule is Cc1oc(-c2ccccc2)nc1COc1ccc(Sc2nc(-c3ccccc3)c(CCC(=O)O)s2)cc1. The monoisotopic (exact) mass is 528 g/mol. The number of carbonyl (C=O) groups is 1. The predicted octanol–water partition coefficient (Wildman–Crippen LogP) is 7.52. The number of carboxylic acid groups (broad SMARTS) is 1. The van der Waals surface area contributed by atoms with Crippen LogP contribution in [-0.2, 0) is 17.8 Å². The van der Waals surface area contributed by atoms with Crippen molar-refractivity contribution in [2.75, 3.05) is 0 Å². The van der Waals surface area contributed by atoms with E-state index in [-0.39, 0.29) is 6.42 Å². The second-order valence-corrected chi connectivity index (χ2v) is 10.7. The van der Waals surface area contributed by atoms with Gasteiger partial charge in [0.05, 0.1) is 12.1 Å². The highest BCUT2D eigenvalue weighted by atomic mass is 32.2. The van der Waals surface area contributed by atoms with Gasteiger partial charge in [0.25, 0.3) is 0 Å². The maximum Gasteiger partial charge on any atom is 0.303 e. The molecule has 0 aliphatic carbocycles. The Morgan fingerprint density at radius 1 is 0.946 bits per heavy atom. The highest BCUT2D eigenvalue weighted by molar-refractivity contribution is 8.01. The van der Waals surface area contributed by atoms with Crippen LogP contribution in [0.15, 0.2) is 98.6 Å². The fourth-order valence-electron chi connectivity index (χ4n) is 3.71. The van der Waals surface area contributed by atoms with Crippen molar-refractivity contribution >= 4 is 29.1 Å². The van der Waals surface area contributed by atoms with Crippen LogP contribution in [-0.4, -0.2) is 21.0 Å². The van der Waals surface area contributed by atoms with Gasteiger partial charge in [0, 0.05) is 20.9 Å². The van der Waals surface area contributed by atoms with Crippen molar-refractivity contribution in [1.29, 1.82) is 0 Å². The third-order valence-electron chi connectivity index (χ3n) is 5.61. The van der Waals surface area contributed by atoms with E-state index in [1.807, 2.05) is 91.9 Å². The molecule has 1 N–H and O–H groups in total. The first kappa shape index (κ1) is 24.8. The van der Waals surface area contributed by atoms with E-state index in [0.29, 0.717) is 18.9 Å².